The molecule has 1 aliphatic heterocycles. The van der Waals surface area contributed by atoms with E-state index in [4.69, 9.17) is 4.74 Å². The molecule has 0 spiro atoms. The van der Waals surface area contributed by atoms with Crippen LogP contribution in [0.3, 0.4) is 0 Å². The zero-order chi connectivity index (χ0) is 15.1. The molecule has 22 heavy (non-hydrogen) atoms. The van der Waals surface area contributed by atoms with E-state index < -0.39 is 0 Å². The molecule has 3 aromatic rings. The first-order chi connectivity index (χ1) is 10.8. The topological polar surface area (TPSA) is 54.1 Å². The van der Waals surface area contributed by atoms with Gasteiger partial charge in [-0.15, -0.1) is 0 Å². The van der Waals surface area contributed by atoms with E-state index in [9.17, 15) is 4.79 Å². The van der Waals surface area contributed by atoms with Crippen LogP contribution in [-0.4, -0.2) is 18.0 Å². The summed E-state index contributed by atoms with van der Waals surface area (Å²) < 4.78 is 5.37. The molecule has 1 aliphatic rings. The third-order valence-electron chi connectivity index (χ3n) is 3.87. The van der Waals surface area contributed by atoms with Crippen LogP contribution in [0.25, 0.3) is 22.6 Å². The van der Waals surface area contributed by atoms with Gasteiger partial charge in [-0.25, -0.2) is 0 Å². The van der Waals surface area contributed by atoms with Crippen molar-refractivity contribution in [2.45, 2.75) is 0 Å². The first-order valence-corrected chi connectivity index (χ1v) is 7.04. The second-order valence-corrected chi connectivity index (χ2v) is 5.20. The summed E-state index contributed by atoms with van der Waals surface area (Å²) in [5.74, 6) is 0.737. The summed E-state index contributed by atoms with van der Waals surface area (Å²) in [6.45, 7) is 0. The lowest BCUT2D eigenvalue weighted by Crippen LogP contribution is -2.03. The van der Waals surface area contributed by atoms with Crippen molar-refractivity contribution in [2.24, 2.45) is 0 Å². The van der Waals surface area contributed by atoms with Gasteiger partial charge in [0.05, 0.1) is 12.7 Å². The minimum atomic E-state index is -0.0770. The van der Waals surface area contributed by atoms with Crippen LogP contribution < -0.4 is 10.1 Å². The van der Waals surface area contributed by atoms with Gasteiger partial charge in [0.1, 0.15) is 5.75 Å². The number of para-hydroxylation sites is 1. The van der Waals surface area contributed by atoms with E-state index in [1.807, 2.05) is 54.6 Å². The number of nitrogens with one attached hydrogen (secondary N) is 2. The average molecular weight is 290 g/mol. The summed E-state index contributed by atoms with van der Waals surface area (Å²) >= 11 is 0. The van der Waals surface area contributed by atoms with Gasteiger partial charge >= 0.3 is 0 Å². The highest BCUT2D eigenvalue weighted by atomic mass is 16.5. The second-order valence-electron chi connectivity index (χ2n) is 5.20. The number of ether oxygens (including phenoxy) is 1. The van der Waals surface area contributed by atoms with Crippen LogP contribution in [0.2, 0.25) is 0 Å². The van der Waals surface area contributed by atoms with E-state index in [0.717, 1.165) is 33.6 Å². The molecular formula is C18H14N2O2. The molecule has 1 aromatic heterocycles. The zero-order valence-electron chi connectivity index (χ0n) is 12.0. The highest BCUT2D eigenvalue weighted by molar-refractivity contribution is 6.34. The van der Waals surface area contributed by atoms with Crippen molar-refractivity contribution in [1.29, 1.82) is 0 Å². The molecule has 1 amide bonds. The Bertz CT molecular complexity index is 922. The lowest BCUT2D eigenvalue weighted by molar-refractivity contribution is -0.110. The van der Waals surface area contributed by atoms with Crippen molar-refractivity contribution in [3.8, 4) is 5.75 Å². The molecule has 4 heteroatoms. The number of amides is 1. The molecule has 0 atom stereocenters. The van der Waals surface area contributed by atoms with Crippen molar-refractivity contribution < 1.29 is 9.53 Å². The molecule has 0 fully saturated rings. The minimum absolute atomic E-state index is 0.0770. The fourth-order valence-corrected chi connectivity index (χ4v) is 2.84. The highest BCUT2D eigenvalue weighted by Crippen LogP contribution is 2.33. The second kappa shape index (κ2) is 4.77. The molecule has 4 nitrogen and oxygen atoms in total. The Morgan fingerprint density at radius 1 is 1.09 bits per heavy atom. The smallest absolute Gasteiger partial charge is 0.256 e. The number of methoxy groups -OCH3 is 1. The highest BCUT2D eigenvalue weighted by Gasteiger charge is 2.23. The maximum atomic E-state index is 12.2. The van der Waals surface area contributed by atoms with E-state index >= 15 is 0 Å². The van der Waals surface area contributed by atoms with Gasteiger partial charge in [-0.3, -0.25) is 4.79 Å². The summed E-state index contributed by atoms with van der Waals surface area (Å²) in [6, 6.07) is 15.5. The Hall–Kier alpha value is -3.01. The molecule has 0 bridgehead atoms. The molecule has 4 rings (SSSR count). The number of hydrogen-bond donors (Lipinski definition) is 2. The number of rotatable bonds is 2. The van der Waals surface area contributed by atoms with Crippen molar-refractivity contribution in [3.63, 3.8) is 0 Å². The summed E-state index contributed by atoms with van der Waals surface area (Å²) in [5.41, 5.74) is 4.31. The molecule has 0 saturated carbocycles. The van der Waals surface area contributed by atoms with Crippen LogP contribution in [0.5, 0.6) is 5.75 Å². The van der Waals surface area contributed by atoms with E-state index in [1.165, 1.54) is 0 Å². The van der Waals surface area contributed by atoms with Gasteiger partial charge in [-0.05, 0) is 30.3 Å². The van der Waals surface area contributed by atoms with Crippen molar-refractivity contribution in [1.82, 2.24) is 4.98 Å². The Kier molecular flexibility index (Phi) is 2.76. The fourth-order valence-electron chi connectivity index (χ4n) is 2.84. The van der Waals surface area contributed by atoms with Crippen LogP contribution in [0.4, 0.5) is 5.69 Å². The SMILES string of the molecule is COc1cccc2[nH]c(/C=C3\C(=O)Nc4ccccc43)cc12. The number of anilines is 1. The van der Waals surface area contributed by atoms with E-state index in [2.05, 4.69) is 10.3 Å². The summed E-state index contributed by atoms with van der Waals surface area (Å²) in [5, 5.41) is 3.88. The number of aromatic nitrogens is 1. The van der Waals surface area contributed by atoms with Gasteiger partial charge in [-0.2, -0.15) is 0 Å². The van der Waals surface area contributed by atoms with E-state index in [0.29, 0.717) is 5.57 Å². The number of carbonyl (C=O) groups is 1. The third-order valence-corrected chi connectivity index (χ3v) is 3.87. The fraction of sp³-hybridized carbons (Fsp3) is 0.0556. The monoisotopic (exact) mass is 290 g/mol. The summed E-state index contributed by atoms with van der Waals surface area (Å²) in [4.78, 5) is 15.5. The van der Waals surface area contributed by atoms with Crippen LogP contribution in [0.15, 0.2) is 48.5 Å². The van der Waals surface area contributed by atoms with E-state index in [1.54, 1.807) is 7.11 Å². The normalized spacial score (nSPS) is 15.1. The molecule has 0 saturated heterocycles. The molecule has 2 N–H and O–H groups in total. The predicted octanol–water partition coefficient (Wildman–Crippen LogP) is 3.67. The minimum Gasteiger partial charge on any atom is -0.496 e. The van der Waals surface area contributed by atoms with Crippen LogP contribution in [0, 0.1) is 0 Å². The van der Waals surface area contributed by atoms with Gasteiger partial charge in [0.2, 0.25) is 0 Å². The number of aromatic amines is 1. The van der Waals surface area contributed by atoms with Crippen molar-refractivity contribution in [3.05, 3.63) is 59.8 Å². The number of carbonyl (C=O) groups excluding carboxylic acids is 1. The van der Waals surface area contributed by atoms with Crippen LogP contribution >= 0.6 is 0 Å². The first-order valence-electron chi connectivity index (χ1n) is 7.04. The molecule has 2 aromatic carbocycles. The molecule has 0 unspecified atom stereocenters. The quantitative estimate of drug-likeness (QED) is 0.707. The Morgan fingerprint density at radius 2 is 1.95 bits per heavy atom. The number of hydrogen-bond acceptors (Lipinski definition) is 2. The molecular weight excluding hydrogens is 276 g/mol. The number of H-pyrrole nitrogens is 1. The maximum Gasteiger partial charge on any atom is 0.256 e. The Balaban J connectivity index is 1.85. The van der Waals surface area contributed by atoms with E-state index in [-0.39, 0.29) is 5.91 Å². The maximum absolute atomic E-state index is 12.2. The number of benzene rings is 2. The lowest BCUT2D eigenvalue weighted by atomic mass is 10.1. The van der Waals surface area contributed by atoms with Crippen molar-refractivity contribution >= 4 is 34.1 Å². The van der Waals surface area contributed by atoms with Gasteiger partial charge in [0.15, 0.2) is 0 Å². The van der Waals surface area contributed by atoms with Crippen LogP contribution in [0.1, 0.15) is 11.3 Å². The Labute approximate surface area is 127 Å². The molecule has 0 radical (unpaired) electrons. The van der Waals surface area contributed by atoms with Gasteiger partial charge in [0, 0.05) is 27.8 Å². The average Bonchev–Trinajstić information content (AvgIpc) is 3.08. The number of fused-ring (bicyclic) bond motifs is 2. The molecule has 2 heterocycles. The van der Waals surface area contributed by atoms with Gasteiger partial charge in [0.25, 0.3) is 5.91 Å². The van der Waals surface area contributed by atoms with Crippen LogP contribution in [-0.2, 0) is 4.79 Å². The lowest BCUT2D eigenvalue weighted by Gasteiger charge is -1.99. The third kappa shape index (κ3) is 1.89. The standard InChI is InChI=1S/C18H14N2O2/c1-22-17-8-4-7-16-14(17)10-11(19-16)9-13-12-5-2-3-6-15(12)20-18(13)21/h2-10,19H,1H3,(H,20,21)/b13-9-. The Morgan fingerprint density at radius 3 is 2.82 bits per heavy atom. The summed E-state index contributed by atoms with van der Waals surface area (Å²) in [7, 11) is 1.65. The predicted molar refractivity (Wildman–Crippen MR) is 87.8 cm³/mol. The van der Waals surface area contributed by atoms with Gasteiger partial charge in [-0.1, -0.05) is 24.3 Å². The molecule has 108 valence electrons. The zero-order valence-corrected chi connectivity index (χ0v) is 12.0. The van der Waals surface area contributed by atoms with Crippen molar-refractivity contribution in [2.75, 3.05) is 12.4 Å². The largest absolute Gasteiger partial charge is 0.496 e. The van der Waals surface area contributed by atoms with Gasteiger partial charge < -0.3 is 15.0 Å². The molecule has 0 aliphatic carbocycles. The first kappa shape index (κ1) is 12.7. The summed E-state index contributed by atoms with van der Waals surface area (Å²) in [6.07, 6.45) is 1.88.